The van der Waals surface area contributed by atoms with Gasteiger partial charge in [-0.15, -0.1) is 0 Å². The highest BCUT2D eigenvalue weighted by Gasteiger charge is 2.17. The summed E-state index contributed by atoms with van der Waals surface area (Å²) in [6.45, 7) is 3.01. The van der Waals surface area contributed by atoms with Crippen LogP contribution in [0.1, 0.15) is 18.6 Å². The van der Waals surface area contributed by atoms with Gasteiger partial charge in [0.1, 0.15) is 5.69 Å². The van der Waals surface area contributed by atoms with E-state index in [1.54, 1.807) is 0 Å². The number of nitrogens with zero attached hydrogens (tertiary/aromatic N) is 2. The number of rotatable bonds is 5. The molecule has 2 heterocycles. The molecule has 0 bridgehead atoms. The molecule has 1 atom stereocenters. The zero-order valence-electron chi connectivity index (χ0n) is 11.9. The predicted molar refractivity (Wildman–Crippen MR) is 79.3 cm³/mol. The minimum atomic E-state index is 0.622. The Morgan fingerprint density at radius 1 is 1.35 bits per heavy atom. The molecule has 1 aliphatic rings. The lowest BCUT2D eigenvalue weighted by Crippen LogP contribution is -2.34. The second-order valence-corrected chi connectivity index (χ2v) is 5.53. The van der Waals surface area contributed by atoms with Gasteiger partial charge < -0.3 is 9.84 Å². The van der Waals surface area contributed by atoms with Gasteiger partial charge in [0.2, 0.25) is 0 Å². The van der Waals surface area contributed by atoms with Gasteiger partial charge in [-0.05, 0) is 26.4 Å². The van der Waals surface area contributed by atoms with Crippen LogP contribution in [0, 0.1) is 0 Å². The molecule has 1 N–H and O–H groups in total. The second kappa shape index (κ2) is 6.20. The molecule has 0 amide bonds. The number of nitrogens with one attached hydrogen (secondary N) is 1. The van der Waals surface area contributed by atoms with Gasteiger partial charge in [0, 0.05) is 24.2 Å². The van der Waals surface area contributed by atoms with Gasteiger partial charge in [-0.25, -0.2) is 0 Å². The summed E-state index contributed by atoms with van der Waals surface area (Å²) in [5, 5.41) is 7.67. The fraction of sp³-hybridized carbons (Fsp3) is 0.438. The van der Waals surface area contributed by atoms with Crippen LogP contribution < -0.4 is 5.32 Å². The summed E-state index contributed by atoms with van der Waals surface area (Å²) >= 11 is 0. The van der Waals surface area contributed by atoms with Crippen LogP contribution in [0.5, 0.6) is 0 Å². The Bertz CT molecular complexity index is 532. The maximum atomic E-state index is 5.44. The topological polar surface area (TPSA) is 41.3 Å². The van der Waals surface area contributed by atoms with Gasteiger partial charge in [-0.2, -0.15) is 0 Å². The number of aromatic nitrogens is 1. The first-order valence-corrected chi connectivity index (χ1v) is 7.24. The van der Waals surface area contributed by atoms with Crippen molar-refractivity contribution < 1.29 is 4.52 Å². The van der Waals surface area contributed by atoms with Crippen molar-refractivity contribution >= 4 is 0 Å². The molecular formula is C16H21N3O. The lowest BCUT2D eigenvalue weighted by atomic mass is 10.1. The quantitative estimate of drug-likeness (QED) is 0.907. The molecule has 3 rings (SSSR count). The molecule has 4 nitrogen and oxygen atoms in total. The van der Waals surface area contributed by atoms with E-state index in [1.807, 2.05) is 36.4 Å². The van der Waals surface area contributed by atoms with Crippen LogP contribution in [0.4, 0.5) is 0 Å². The molecule has 1 aromatic heterocycles. The molecule has 106 valence electrons. The molecule has 4 heteroatoms. The van der Waals surface area contributed by atoms with Crippen LogP contribution in [0.2, 0.25) is 0 Å². The van der Waals surface area contributed by atoms with E-state index < -0.39 is 0 Å². The monoisotopic (exact) mass is 271 g/mol. The summed E-state index contributed by atoms with van der Waals surface area (Å²) in [5.41, 5.74) is 2.01. The van der Waals surface area contributed by atoms with Crippen LogP contribution in [-0.2, 0) is 6.54 Å². The summed E-state index contributed by atoms with van der Waals surface area (Å²) < 4.78 is 5.44. The van der Waals surface area contributed by atoms with Crippen LogP contribution in [0.15, 0.2) is 40.9 Å². The minimum absolute atomic E-state index is 0.622. The highest BCUT2D eigenvalue weighted by atomic mass is 16.5. The van der Waals surface area contributed by atoms with Crippen molar-refractivity contribution in [3.05, 3.63) is 42.2 Å². The van der Waals surface area contributed by atoms with Crippen molar-refractivity contribution in [2.75, 3.05) is 20.1 Å². The Morgan fingerprint density at radius 3 is 2.95 bits per heavy atom. The molecule has 1 aromatic carbocycles. The molecular weight excluding hydrogens is 250 g/mol. The SMILES string of the molecule is CN(Cc1cc(-c2ccccc2)no1)CC1CCCN1. The number of hydrogen-bond donors (Lipinski definition) is 1. The van der Waals surface area contributed by atoms with Crippen molar-refractivity contribution in [3.8, 4) is 11.3 Å². The van der Waals surface area contributed by atoms with Crippen molar-refractivity contribution in [2.24, 2.45) is 0 Å². The number of hydrogen-bond acceptors (Lipinski definition) is 4. The highest BCUT2D eigenvalue weighted by Crippen LogP contribution is 2.19. The third-order valence-electron chi connectivity index (χ3n) is 3.75. The third kappa shape index (κ3) is 3.26. The minimum Gasteiger partial charge on any atom is -0.359 e. The maximum absolute atomic E-state index is 5.44. The fourth-order valence-electron chi connectivity index (χ4n) is 2.75. The van der Waals surface area contributed by atoms with E-state index in [1.165, 1.54) is 12.8 Å². The number of likely N-dealkylation sites (N-methyl/N-ethyl adjacent to an activating group) is 1. The Labute approximate surface area is 119 Å². The Balaban J connectivity index is 1.59. The van der Waals surface area contributed by atoms with E-state index in [0.29, 0.717) is 6.04 Å². The summed E-state index contributed by atoms with van der Waals surface area (Å²) in [6.07, 6.45) is 2.56. The van der Waals surface area contributed by atoms with E-state index in [2.05, 4.69) is 22.4 Å². The van der Waals surface area contributed by atoms with Crippen LogP contribution in [-0.4, -0.2) is 36.2 Å². The highest BCUT2D eigenvalue weighted by molar-refractivity contribution is 5.58. The summed E-state index contributed by atoms with van der Waals surface area (Å²) in [7, 11) is 2.13. The molecule has 1 unspecified atom stereocenters. The van der Waals surface area contributed by atoms with E-state index in [0.717, 1.165) is 36.7 Å². The number of benzene rings is 1. The second-order valence-electron chi connectivity index (χ2n) is 5.53. The molecule has 0 radical (unpaired) electrons. The van der Waals surface area contributed by atoms with Crippen LogP contribution in [0.25, 0.3) is 11.3 Å². The molecule has 0 saturated carbocycles. The third-order valence-corrected chi connectivity index (χ3v) is 3.75. The van der Waals surface area contributed by atoms with E-state index in [-0.39, 0.29) is 0 Å². The predicted octanol–water partition coefficient (Wildman–Crippen LogP) is 2.53. The molecule has 20 heavy (non-hydrogen) atoms. The zero-order chi connectivity index (χ0) is 13.8. The van der Waals surface area contributed by atoms with Gasteiger partial charge in [0.15, 0.2) is 5.76 Å². The normalized spacial score (nSPS) is 18.8. The summed E-state index contributed by atoms with van der Waals surface area (Å²) in [4.78, 5) is 2.29. The molecule has 2 aromatic rings. The van der Waals surface area contributed by atoms with Crippen molar-refractivity contribution in [2.45, 2.75) is 25.4 Å². The first-order valence-electron chi connectivity index (χ1n) is 7.24. The van der Waals surface area contributed by atoms with Gasteiger partial charge in [-0.1, -0.05) is 35.5 Å². The maximum Gasteiger partial charge on any atom is 0.151 e. The summed E-state index contributed by atoms with van der Waals surface area (Å²) in [6, 6.07) is 12.8. The van der Waals surface area contributed by atoms with Crippen LogP contribution >= 0.6 is 0 Å². The Hall–Kier alpha value is -1.65. The average molecular weight is 271 g/mol. The molecule has 1 saturated heterocycles. The zero-order valence-corrected chi connectivity index (χ0v) is 11.9. The van der Waals surface area contributed by atoms with E-state index >= 15 is 0 Å². The van der Waals surface area contributed by atoms with Gasteiger partial charge in [0.25, 0.3) is 0 Å². The average Bonchev–Trinajstić information content (AvgIpc) is 3.11. The molecule has 0 aliphatic carbocycles. The molecule has 0 spiro atoms. The van der Waals surface area contributed by atoms with Gasteiger partial charge >= 0.3 is 0 Å². The van der Waals surface area contributed by atoms with Crippen molar-refractivity contribution in [1.29, 1.82) is 0 Å². The first-order chi connectivity index (χ1) is 9.81. The van der Waals surface area contributed by atoms with Crippen LogP contribution in [0.3, 0.4) is 0 Å². The smallest absolute Gasteiger partial charge is 0.151 e. The first kappa shape index (κ1) is 13.3. The largest absolute Gasteiger partial charge is 0.359 e. The fourth-order valence-corrected chi connectivity index (χ4v) is 2.75. The van der Waals surface area contributed by atoms with Crippen molar-refractivity contribution in [3.63, 3.8) is 0 Å². The Morgan fingerprint density at radius 2 is 2.20 bits per heavy atom. The molecule has 1 fully saturated rings. The Kier molecular flexibility index (Phi) is 4.14. The van der Waals surface area contributed by atoms with Gasteiger partial charge in [0.05, 0.1) is 6.54 Å². The van der Waals surface area contributed by atoms with E-state index in [9.17, 15) is 0 Å². The van der Waals surface area contributed by atoms with Crippen molar-refractivity contribution in [1.82, 2.24) is 15.4 Å². The molecule has 1 aliphatic heterocycles. The lowest BCUT2D eigenvalue weighted by Gasteiger charge is -2.19. The van der Waals surface area contributed by atoms with Gasteiger partial charge in [-0.3, -0.25) is 4.90 Å². The lowest BCUT2D eigenvalue weighted by molar-refractivity contribution is 0.254. The van der Waals surface area contributed by atoms with E-state index in [4.69, 9.17) is 4.52 Å². The summed E-state index contributed by atoms with van der Waals surface area (Å²) in [5.74, 6) is 0.921. The standard InChI is InChI=1S/C16H21N3O/c1-19(11-14-8-5-9-17-14)12-15-10-16(18-20-15)13-6-3-2-4-7-13/h2-4,6-7,10,14,17H,5,8-9,11-12H2,1H3.